The number of sulfonamides is 1. The molecule has 1 aliphatic heterocycles. The molecule has 4 rings (SSSR count). The van der Waals surface area contributed by atoms with E-state index in [-0.39, 0.29) is 16.5 Å². The molecule has 0 aliphatic carbocycles. The molecule has 9 heteroatoms. The molecule has 28 heavy (non-hydrogen) atoms. The van der Waals surface area contributed by atoms with Gasteiger partial charge in [0.1, 0.15) is 22.5 Å². The van der Waals surface area contributed by atoms with Crippen molar-refractivity contribution in [2.75, 3.05) is 13.1 Å². The van der Waals surface area contributed by atoms with Crippen molar-refractivity contribution >= 4 is 10.0 Å². The lowest BCUT2D eigenvalue weighted by Gasteiger charge is -2.30. The van der Waals surface area contributed by atoms with Gasteiger partial charge in [0.15, 0.2) is 5.82 Å². The Kier molecular flexibility index (Phi) is 4.90. The minimum Gasteiger partial charge on any atom is -0.262 e. The number of hydrogen-bond acceptors (Lipinski definition) is 6. The molecule has 142 valence electrons. The van der Waals surface area contributed by atoms with E-state index in [2.05, 4.69) is 20.2 Å². The molecule has 1 atom stereocenters. The maximum absolute atomic E-state index is 12.9. The third-order valence-corrected chi connectivity index (χ3v) is 6.64. The zero-order chi connectivity index (χ0) is 19.6. The second-order valence-corrected chi connectivity index (χ2v) is 8.54. The van der Waals surface area contributed by atoms with Crippen LogP contribution in [-0.2, 0) is 10.0 Å². The monoisotopic (exact) mass is 394 g/mol. The van der Waals surface area contributed by atoms with Crippen molar-refractivity contribution in [3.8, 4) is 17.5 Å². The first-order valence-corrected chi connectivity index (χ1v) is 10.4. The van der Waals surface area contributed by atoms with Gasteiger partial charge in [-0.2, -0.15) is 14.7 Å². The van der Waals surface area contributed by atoms with Crippen LogP contribution in [0.15, 0.2) is 53.6 Å². The van der Waals surface area contributed by atoms with Crippen LogP contribution in [0.25, 0.3) is 11.4 Å². The normalized spacial score (nSPS) is 17.9. The fourth-order valence-electron chi connectivity index (χ4n) is 3.31. The summed E-state index contributed by atoms with van der Waals surface area (Å²) in [6, 6.07) is 14.4. The Morgan fingerprint density at radius 2 is 2.00 bits per heavy atom. The van der Waals surface area contributed by atoms with Gasteiger partial charge in [0.2, 0.25) is 10.0 Å². The molecule has 3 aromatic rings. The Hall–Kier alpha value is -3.09. The molecule has 0 saturated carbocycles. The van der Waals surface area contributed by atoms with Gasteiger partial charge in [-0.05, 0) is 25.0 Å². The van der Waals surface area contributed by atoms with Crippen molar-refractivity contribution in [2.45, 2.75) is 23.7 Å². The van der Waals surface area contributed by atoms with Crippen LogP contribution in [0.1, 0.15) is 30.3 Å². The van der Waals surface area contributed by atoms with Gasteiger partial charge in [0.05, 0.1) is 0 Å². The van der Waals surface area contributed by atoms with Crippen molar-refractivity contribution < 1.29 is 8.42 Å². The van der Waals surface area contributed by atoms with Crippen molar-refractivity contribution in [3.05, 3.63) is 60.2 Å². The molecule has 0 bridgehead atoms. The van der Waals surface area contributed by atoms with E-state index in [1.165, 1.54) is 22.6 Å². The summed E-state index contributed by atoms with van der Waals surface area (Å²) in [7, 11) is -3.67. The first-order chi connectivity index (χ1) is 13.6. The van der Waals surface area contributed by atoms with E-state index in [1.54, 1.807) is 0 Å². The minimum absolute atomic E-state index is 0.0557. The molecule has 1 fully saturated rings. The summed E-state index contributed by atoms with van der Waals surface area (Å²) in [6.07, 6.45) is 2.80. The molecular weight excluding hydrogens is 376 g/mol. The molecule has 0 radical (unpaired) electrons. The number of aromatic amines is 1. The highest BCUT2D eigenvalue weighted by Gasteiger charge is 2.32. The summed E-state index contributed by atoms with van der Waals surface area (Å²) in [5.74, 6) is 1.24. The maximum Gasteiger partial charge on any atom is 0.244 e. The number of aromatic nitrogens is 4. The predicted molar refractivity (Wildman–Crippen MR) is 102 cm³/mol. The summed E-state index contributed by atoms with van der Waals surface area (Å²) in [5.41, 5.74) is 1.10. The van der Waals surface area contributed by atoms with Crippen molar-refractivity contribution in [1.29, 1.82) is 5.26 Å². The number of benzene rings is 1. The predicted octanol–water partition coefficient (Wildman–Crippen LogP) is 2.31. The first-order valence-electron chi connectivity index (χ1n) is 8.92. The molecule has 8 nitrogen and oxygen atoms in total. The molecule has 0 amide bonds. The summed E-state index contributed by atoms with van der Waals surface area (Å²) >= 11 is 0. The lowest BCUT2D eigenvalue weighted by molar-refractivity contribution is 0.309. The van der Waals surface area contributed by atoms with Crippen molar-refractivity contribution in [2.24, 2.45) is 0 Å². The molecule has 2 aromatic heterocycles. The second-order valence-electron chi connectivity index (χ2n) is 6.60. The first kappa shape index (κ1) is 18.3. The summed E-state index contributed by atoms with van der Waals surface area (Å²) in [6.45, 7) is 0.768. The van der Waals surface area contributed by atoms with E-state index >= 15 is 0 Å². The van der Waals surface area contributed by atoms with Gasteiger partial charge in [-0.15, -0.1) is 0 Å². The molecule has 1 saturated heterocycles. The molecule has 3 heterocycles. The number of hydrogen-bond donors (Lipinski definition) is 1. The van der Waals surface area contributed by atoms with Crippen LogP contribution in [0.3, 0.4) is 0 Å². The number of rotatable bonds is 4. The van der Waals surface area contributed by atoms with Crippen molar-refractivity contribution in [1.82, 2.24) is 24.5 Å². The average molecular weight is 394 g/mol. The Bertz CT molecular complexity index is 1100. The van der Waals surface area contributed by atoms with E-state index in [0.717, 1.165) is 18.4 Å². The summed E-state index contributed by atoms with van der Waals surface area (Å²) in [4.78, 5) is 8.55. The molecule has 1 aliphatic rings. The molecule has 1 N–H and O–H groups in total. The van der Waals surface area contributed by atoms with Crippen LogP contribution in [0.4, 0.5) is 0 Å². The van der Waals surface area contributed by atoms with Gasteiger partial charge < -0.3 is 0 Å². The zero-order valence-electron chi connectivity index (χ0n) is 15.0. The smallest absolute Gasteiger partial charge is 0.244 e. The number of nitrogens with zero attached hydrogens (tertiary/aromatic N) is 5. The topological polar surface area (TPSA) is 116 Å². The Labute approximate surface area is 162 Å². The zero-order valence-corrected chi connectivity index (χ0v) is 15.8. The third-order valence-electron chi connectivity index (χ3n) is 4.79. The van der Waals surface area contributed by atoms with Crippen LogP contribution < -0.4 is 0 Å². The number of piperidine rings is 1. The highest BCUT2D eigenvalue weighted by Crippen LogP contribution is 2.29. The lowest BCUT2D eigenvalue weighted by Crippen LogP contribution is -2.39. The average Bonchev–Trinajstić information content (AvgIpc) is 3.25. The van der Waals surface area contributed by atoms with Crippen molar-refractivity contribution in [3.63, 3.8) is 0 Å². The maximum atomic E-state index is 12.9. The van der Waals surface area contributed by atoms with Gasteiger partial charge in [-0.3, -0.25) is 5.10 Å². The number of H-pyrrole nitrogens is 1. The van der Waals surface area contributed by atoms with Gasteiger partial charge in [-0.1, -0.05) is 30.3 Å². The van der Waals surface area contributed by atoms with Crippen LogP contribution in [0, 0.1) is 11.3 Å². The molecule has 0 unspecified atom stereocenters. The quantitative estimate of drug-likeness (QED) is 0.726. The standard InChI is InChI=1S/C19H18N6O2S/c20-11-16-8-9-17(12-21-16)28(26,27)25-10-4-7-15(13-25)19-22-18(23-24-19)14-5-2-1-3-6-14/h1-3,5-6,8-9,12,15H,4,7,10,13H2,(H,22,23,24)/t15-/m1/s1. The third kappa shape index (κ3) is 3.52. The number of pyridine rings is 1. The number of nitrogens with one attached hydrogen (secondary N) is 1. The summed E-state index contributed by atoms with van der Waals surface area (Å²) < 4.78 is 27.3. The second kappa shape index (κ2) is 7.50. The Morgan fingerprint density at radius 3 is 2.71 bits per heavy atom. The Balaban J connectivity index is 1.54. The van der Waals surface area contributed by atoms with E-state index in [9.17, 15) is 8.42 Å². The van der Waals surface area contributed by atoms with Crippen LogP contribution in [0.2, 0.25) is 0 Å². The molecule has 1 aromatic carbocycles. The van der Waals surface area contributed by atoms with Crippen LogP contribution in [0.5, 0.6) is 0 Å². The van der Waals surface area contributed by atoms with Gasteiger partial charge >= 0.3 is 0 Å². The lowest BCUT2D eigenvalue weighted by atomic mass is 9.99. The SMILES string of the molecule is N#Cc1ccc(S(=O)(=O)N2CCC[C@@H](c3nc(-c4ccccc4)n[nH]3)C2)cn1. The number of nitriles is 1. The highest BCUT2D eigenvalue weighted by molar-refractivity contribution is 7.89. The van der Waals surface area contributed by atoms with Gasteiger partial charge in [0, 0.05) is 30.8 Å². The van der Waals surface area contributed by atoms with E-state index in [1.807, 2.05) is 36.4 Å². The molecular formula is C19H18N6O2S. The highest BCUT2D eigenvalue weighted by atomic mass is 32.2. The van der Waals surface area contributed by atoms with E-state index in [0.29, 0.717) is 24.7 Å². The minimum atomic E-state index is -3.67. The summed E-state index contributed by atoms with van der Waals surface area (Å²) in [5, 5.41) is 16.1. The largest absolute Gasteiger partial charge is 0.262 e. The van der Waals surface area contributed by atoms with Gasteiger partial charge in [-0.25, -0.2) is 18.4 Å². The fourth-order valence-corrected chi connectivity index (χ4v) is 4.77. The van der Waals surface area contributed by atoms with Gasteiger partial charge in [0.25, 0.3) is 0 Å². The van der Waals surface area contributed by atoms with Crippen LogP contribution in [-0.4, -0.2) is 46.0 Å². The van der Waals surface area contributed by atoms with E-state index in [4.69, 9.17) is 5.26 Å². The fraction of sp³-hybridized carbons (Fsp3) is 0.263. The van der Waals surface area contributed by atoms with E-state index < -0.39 is 10.0 Å². The molecule has 0 spiro atoms. The Morgan fingerprint density at radius 1 is 1.18 bits per heavy atom. The van der Waals surface area contributed by atoms with Crippen LogP contribution >= 0.6 is 0 Å².